The SMILES string of the molecule is C=C(C)C[C@H](c1ccc(OCc2ccccc2)c(OCC)c1)N1CCNCC1.Cl.Cl. The van der Waals surface area contributed by atoms with Crippen molar-refractivity contribution in [3.63, 3.8) is 0 Å². The van der Waals surface area contributed by atoms with Gasteiger partial charge in [0.25, 0.3) is 0 Å². The summed E-state index contributed by atoms with van der Waals surface area (Å²) in [7, 11) is 0. The van der Waals surface area contributed by atoms with Gasteiger partial charge >= 0.3 is 0 Å². The first kappa shape index (κ1) is 26.3. The molecule has 166 valence electrons. The molecule has 0 spiro atoms. The summed E-state index contributed by atoms with van der Waals surface area (Å²) in [6.45, 7) is 13.6. The van der Waals surface area contributed by atoms with Crippen LogP contribution >= 0.6 is 24.8 Å². The molecule has 6 heteroatoms. The number of hydrogen-bond donors (Lipinski definition) is 1. The van der Waals surface area contributed by atoms with Crippen molar-refractivity contribution in [2.24, 2.45) is 0 Å². The maximum atomic E-state index is 6.07. The van der Waals surface area contributed by atoms with Gasteiger partial charge < -0.3 is 14.8 Å². The molecule has 2 aromatic carbocycles. The molecule has 0 aliphatic carbocycles. The van der Waals surface area contributed by atoms with Gasteiger partial charge in [-0.2, -0.15) is 0 Å². The minimum absolute atomic E-state index is 0. The monoisotopic (exact) mass is 452 g/mol. The first-order valence-electron chi connectivity index (χ1n) is 10.2. The third-order valence-corrected chi connectivity index (χ3v) is 5.02. The molecule has 0 radical (unpaired) electrons. The third kappa shape index (κ3) is 7.51. The molecule has 1 fully saturated rings. The van der Waals surface area contributed by atoms with E-state index in [9.17, 15) is 0 Å². The topological polar surface area (TPSA) is 33.7 Å². The van der Waals surface area contributed by atoms with Crippen LogP contribution in [-0.2, 0) is 6.61 Å². The van der Waals surface area contributed by atoms with Crippen molar-refractivity contribution in [1.29, 1.82) is 0 Å². The zero-order valence-electron chi connectivity index (χ0n) is 17.9. The zero-order chi connectivity index (χ0) is 19.8. The first-order chi connectivity index (χ1) is 13.7. The third-order valence-electron chi connectivity index (χ3n) is 5.02. The highest BCUT2D eigenvalue weighted by molar-refractivity contribution is 5.85. The Balaban J connectivity index is 0.00000225. The van der Waals surface area contributed by atoms with Crippen LogP contribution in [0, 0.1) is 0 Å². The van der Waals surface area contributed by atoms with E-state index >= 15 is 0 Å². The highest BCUT2D eigenvalue weighted by Crippen LogP contribution is 2.35. The fraction of sp³-hybridized carbons (Fsp3) is 0.417. The van der Waals surface area contributed by atoms with E-state index in [1.165, 1.54) is 11.1 Å². The Morgan fingerprint density at radius 1 is 1.03 bits per heavy atom. The number of ether oxygens (including phenoxy) is 2. The summed E-state index contributed by atoms with van der Waals surface area (Å²) in [6.07, 6.45) is 0.954. The highest BCUT2D eigenvalue weighted by Gasteiger charge is 2.23. The summed E-state index contributed by atoms with van der Waals surface area (Å²) in [6, 6.07) is 16.9. The minimum Gasteiger partial charge on any atom is -0.490 e. The molecular weight excluding hydrogens is 419 g/mol. The van der Waals surface area contributed by atoms with Crippen molar-refractivity contribution >= 4 is 24.8 Å². The van der Waals surface area contributed by atoms with Crippen molar-refractivity contribution in [3.05, 3.63) is 71.8 Å². The van der Waals surface area contributed by atoms with Gasteiger partial charge in [-0.1, -0.05) is 42.0 Å². The van der Waals surface area contributed by atoms with Crippen molar-refractivity contribution in [2.75, 3.05) is 32.8 Å². The van der Waals surface area contributed by atoms with E-state index in [1.807, 2.05) is 25.1 Å². The lowest BCUT2D eigenvalue weighted by Gasteiger charge is -2.35. The standard InChI is InChI=1S/C24H32N2O2.2ClH/c1-4-27-24-17-21(22(16-19(2)3)26-14-12-25-13-15-26)10-11-23(24)28-18-20-8-6-5-7-9-20;;/h5-11,17,22,25H,2,4,12-16,18H2,1,3H3;2*1H/t22-;;/m1../s1. The van der Waals surface area contributed by atoms with Gasteiger partial charge in [0.1, 0.15) is 6.61 Å². The lowest BCUT2D eigenvalue weighted by molar-refractivity contribution is 0.172. The van der Waals surface area contributed by atoms with Crippen LogP contribution < -0.4 is 14.8 Å². The Morgan fingerprint density at radius 3 is 2.37 bits per heavy atom. The molecular formula is C24H34Cl2N2O2. The van der Waals surface area contributed by atoms with Gasteiger partial charge in [0.15, 0.2) is 11.5 Å². The molecule has 1 atom stereocenters. The second-order valence-corrected chi connectivity index (χ2v) is 7.38. The lowest BCUT2D eigenvalue weighted by atomic mass is 9.97. The minimum atomic E-state index is 0. The van der Waals surface area contributed by atoms with Crippen molar-refractivity contribution in [1.82, 2.24) is 10.2 Å². The Hall–Kier alpha value is -1.72. The van der Waals surface area contributed by atoms with Crippen LogP contribution in [0.5, 0.6) is 11.5 Å². The van der Waals surface area contributed by atoms with E-state index in [0.717, 1.165) is 49.7 Å². The largest absolute Gasteiger partial charge is 0.490 e. The number of rotatable bonds is 9. The summed E-state index contributed by atoms with van der Waals surface area (Å²) in [4.78, 5) is 2.54. The second-order valence-electron chi connectivity index (χ2n) is 7.38. The summed E-state index contributed by atoms with van der Waals surface area (Å²) in [5.74, 6) is 1.61. The molecule has 0 unspecified atom stereocenters. The molecule has 1 heterocycles. The first-order valence-corrected chi connectivity index (χ1v) is 10.2. The lowest BCUT2D eigenvalue weighted by Crippen LogP contribution is -2.45. The van der Waals surface area contributed by atoms with E-state index in [0.29, 0.717) is 19.3 Å². The summed E-state index contributed by atoms with van der Waals surface area (Å²) in [5.41, 5.74) is 3.61. The van der Waals surface area contributed by atoms with Gasteiger partial charge in [-0.3, -0.25) is 4.90 Å². The van der Waals surface area contributed by atoms with Gasteiger partial charge in [0.2, 0.25) is 0 Å². The smallest absolute Gasteiger partial charge is 0.161 e. The zero-order valence-corrected chi connectivity index (χ0v) is 19.6. The maximum Gasteiger partial charge on any atom is 0.161 e. The summed E-state index contributed by atoms with van der Waals surface area (Å²) in [5, 5.41) is 3.44. The van der Waals surface area contributed by atoms with Crippen LogP contribution in [0.25, 0.3) is 0 Å². The average molecular weight is 453 g/mol. The molecule has 0 amide bonds. The molecule has 4 nitrogen and oxygen atoms in total. The van der Waals surface area contributed by atoms with Gasteiger partial charge in [-0.05, 0) is 43.5 Å². The van der Waals surface area contributed by atoms with E-state index < -0.39 is 0 Å². The quantitative estimate of drug-likeness (QED) is 0.514. The van der Waals surface area contributed by atoms with Gasteiger partial charge in [-0.25, -0.2) is 0 Å². The van der Waals surface area contributed by atoms with E-state index in [2.05, 4.69) is 54.1 Å². The normalized spacial score (nSPS) is 14.7. The van der Waals surface area contributed by atoms with Crippen molar-refractivity contribution < 1.29 is 9.47 Å². The van der Waals surface area contributed by atoms with Crippen molar-refractivity contribution in [3.8, 4) is 11.5 Å². The fourth-order valence-corrected chi connectivity index (χ4v) is 3.64. The molecule has 30 heavy (non-hydrogen) atoms. The van der Waals surface area contributed by atoms with Crippen LogP contribution in [0.3, 0.4) is 0 Å². The summed E-state index contributed by atoms with van der Waals surface area (Å²) >= 11 is 0. The molecule has 2 aromatic rings. The van der Waals surface area contributed by atoms with Crippen LogP contribution in [0.15, 0.2) is 60.7 Å². The number of nitrogens with zero attached hydrogens (tertiary/aromatic N) is 1. The number of nitrogens with one attached hydrogen (secondary N) is 1. The average Bonchev–Trinajstić information content (AvgIpc) is 2.72. The Kier molecular flexibility index (Phi) is 11.9. The highest BCUT2D eigenvalue weighted by atomic mass is 35.5. The number of hydrogen-bond acceptors (Lipinski definition) is 4. The van der Waals surface area contributed by atoms with Crippen LogP contribution in [-0.4, -0.2) is 37.7 Å². The number of piperazine rings is 1. The van der Waals surface area contributed by atoms with Gasteiger partial charge in [-0.15, -0.1) is 31.4 Å². The molecule has 0 saturated carbocycles. The Morgan fingerprint density at radius 2 is 1.73 bits per heavy atom. The molecule has 1 saturated heterocycles. The van der Waals surface area contributed by atoms with Crippen molar-refractivity contribution in [2.45, 2.75) is 32.9 Å². The van der Waals surface area contributed by atoms with Gasteiger partial charge in [0, 0.05) is 32.2 Å². The Labute approximate surface area is 193 Å². The molecule has 0 bridgehead atoms. The van der Waals surface area contributed by atoms with E-state index in [4.69, 9.17) is 9.47 Å². The summed E-state index contributed by atoms with van der Waals surface area (Å²) < 4.78 is 12.0. The number of halogens is 2. The predicted octanol–water partition coefficient (Wildman–Crippen LogP) is 5.42. The fourth-order valence-electron chi connectivity index (χ4n) is 3.64. The Bertz CT molecular complexity index is 765. The molecule has 0 aromatic heterocycles. The van der Waals surface area contributed by atoms with E-state index in [1.54, 1.807) is 0 Å². The van der Waals surface area contributed by atoms with E-state index in [-0.39, 0.29) is 24.8 Å². The predicted molar refractivity (Wildman–Crippen MR) is 129 cm³/mol. The van der Waals surface area contributed by atoms with Crippen LogP contribution in [0.4, 0.5) is 0 Å². The molecule has 1 aliphatic heterocycles. The molecule has 1 N–H and O–H groups in total. The molecule has 1 aliphatic rings. The van der Waals surface area contributed by atoms with Gasteiger partial charge in [0.05, 0.1) is 6.61 Å². The second kappa shape index (κ2) is 13.6. The van der Waals surface area contributed by atoms with Crippen LogP contribution in [0.1, 0.15) is 37.4 Å². The van der Waals surface area contributed by atoms with Crippen LogP contribution in [0.2, 0.25) is 0 Å². The maximum absolute atomic E-state index is 6.07. The number of benzene rings is 2. The molecule has 3 rings (SSSR count).